The number of anilines is 1. The van der Waals surface area contributed by atoms with Gasteiger partial charge >= 0.3 is 0 Å². The Balaban J connectivity index is 1.64. The van der Waals surface area contributed by atoms with Crippen LogP contribution in [0.25, 0.3) is 22.3 Å². The second-order valence-electron chi connectivity index (χ2n) is 7.89. The molecule has 5 nitrogen and oxygen atoms in total. The molecule has 0 bridgehead atoms. The van der Waals surface area contributed by atoms with E-state index in [0.29, 0.717) is 36.4 Å². The molecule has 32 heavy (non-hydrogen) atoms. The molecular formula is C25H22F2N4O. The Bertz CT molecular complexity index is 1270. The van der Waals surface area contributed by atoms with Gasteiger partial charge in [-0.15, -0.1) is 0 Å². The maximum Gasteiger partial charge on any atom is 0.135 e. The van der Waals surface area contributed by atoms with Crippen molar-refractivity contribution in [3.63, 3.8) is 0 Å². The molecule has 0 amide bonds. The monoisotopic (exact) mass is 432 g/mol. The van der Waals surface area contributed by atoms with Crippen molar-refractivity contribution in [3.05, 3.63) is 83.3 Å². The zero-order valence-corrected chi connectivity index (χ0v) is 17.7. The van der Waals surface area contributed by atoms with Crippen molar-refractivity contribution < 1.29 is 13.5 Å². The van der Waals surface area contributed by atoms with Crippen LogP contribution in [0.5, 0.6) is 0 Å². The average molecular weight is 432 g/mol. The van der Waals surface area contributed by atoms with Gasteiger partial charge in [-0.1, -0.05) is 6.07 Å². The maximum atomic E-state index is 15.0. The van der Waals surface area contributed by atoms with Gasteiger partial charge in [0.05, 0.1) is 42.0 Å². The molecule has 4 aromatic rings. The first-order valence-corrected chi connectivity index (χ1v) is 10.6. The van der Waals surface area contributed by atoms with Gasteiger partial charge in [-0.05, 0) is 41.8 Å². The van der Waals surface area contributed by atoms with Crippen LogP contribution in [0.15, 0.2) is 55.0 Å². The number of fused-ring (bicyclic) bond motifs is 1. The van der Waals surface area contributed by atoms with Crippen molar-refractivity contribution in [3.8, 4) is 11.4 Å². The Morgan fingerprint density at radius 1 is 1.06 bits per heavy atom. The van der Waals surface area contributed by atoms with Gasteiger partial charge in [-0.3, -0.25) is 9.97 Å². The molecule has 162 valence electrons. The summed E-state index contributed by atoms with van der Waals surface area (Å²) < 4.78 is 34.4. The number of morpholine rings is 1. The molecule has 0 aliphatic carbocycles. The summed E-state index contributed by atoms with van der Waals surface area (Å²) in [6.07, 6.45) is 5.75. The minimum atomic E-state index is -0.653. The van der Waals surface area contributed by atoms with Crippen LogP contribution in [0.3, 0.4) is 0 Å². The predicted molar refractivity (Wildman–Crippen MR) is 120 cm³/mol. The van der Waals surface area contributed by atoms with Crippen LogP contribution in [-0.4, -0.2) is 41.3 Å². The molecule has 1 fully saturated rings. The van der Waals surface area contributed by atoms with Gasteiger partial charge in [0.15, 0.2) is 0 Å². The molecule has 1 saturated heterocycles. The lowest BCUT2D eigenvalue weighted by atomic mass is 9.94. The zero-order chi connectivity index (χ0) is 22.1. The highest BCUT2D eigenvalue weighted by Gasteiger charge is 2.19. The molecule has 0 N–H and O–H groups in total. The third-order valence-electron chi connectivity index (χ3n) is 5.82. The van der Waals surface area contributed by atoms with Crippen LogP contribution >= 0.6 is 0 Å². The van der Waals surface area contributed by atoms with Crippen molar-refractivity contribution in [2.45, 2.75) is 13.3 Å². The Hall–Kier alpha value is -3.45. The first kappa shape index (κ1) is 20.5. The van der Waals surface area contributed by atoms with E-state index in [-0.39, 0.29) is 5.52 Å². The molecule has 5 rings (SSSR count). The van der Waals surface area contributed by atoms with Crippen LogP contribution in [-0.2, 0) is 11.2 Å². The number of ether oxygens (including phenoxy) is 1. The molecule has 0 saturated carbocycles. The van der Waals surface area contributed by atoms with Gasteiger partial charge in [-0.2, -0.15) is 0 Å². The van der Waals surface area contributed by atoms with Crippen LogP contribution in [0.2, 0.25) is 0 Å². The number of hydrogen-bond acceptors (Lipinski definition) is 5. The fourth-order valence-corrected chi connectivity index (χ4v) is 4.22. The summed E-state index contributed by atoms with van der Waals surface area (Å²) in [6.45, 7) is 4.89. The quantitative estimate of drug-likeness (QED) is 0.468. The molecular weight excluding hydrogens is 410 g/mol. The van der Waals surface area contributed by atoms with Crippen LogP contribution in [0.4, 0.5) is 14.5 Å². The average Bonchev–Trinajstić information content (AvgIpc) is 2.82. The Morgan fingerprint density at radius 3 is 2.69 bits per heavy atom. The van der Waals surface area contributed by atoms with Gasteiger partial charge < -0.3 is 9.64 Å². The third-order valence-corrected chi connectivity index (χ3v) is 5.82. The molecule has 0 radical (unpaired) electrons. The summed E-state index contributed by atoms with van der Waals surface area (Å²) in [5, 5.41) is 0.334. The van der Waals surface area contributed by atoms with E-state index in [1.54, 1.807) is 12.4 Å². The Labute approximate surface area is 184 Å². The number of rotatable bonds is 4. The number of nitrogens with zero attached hydrogens (tertiary/aromatic N) is 4. The third kappa shape index (κ3) is 3.91. The predicted octanol–water partition coefficient (Wildman–Crippen LogP) is 4.71. The second-order valence-corrected chi connectivity index (χ2v) is 7.89. The fraction of sp³-hybridized carbons (Fsp3) is 0.240. The topological polar surface area (TPSA) is 51.1 Å². The molecule has 4 heterocycles. The van der Waals surface area contributed by atoms with E-state index in [9.17, 15) is 8.78 Å². The van der Waals surface area contributed by atoms with E-state index >= 15 is 0 Å². The molecule has 7 heteroatoms. The van der Waals surface area contributed by atoms with Crippen molar-refractivity contribution in [1.29, 1.82) is 0 Å². The molecule has 1 aliphatic heterocycles. The minimum absolute atomic E-state index is 0.279. The minimum Gasteiger partial charge on any atom is -0.378 e. The van der Waals surface area contributed by atoms with E-state index < -0.39 is 11.6 Å². The van der Waals surface area contributed by atoms with E-state index in [1.165, 1.54) is 6.07 Å². The number of aromatic nitrogens is 3. The Morgan fingerprint density at radius 2 is 1.91 bits per heavy atom. The van der Waals surface area contributed by atoms with Gasteiger partial charge in [0.25, 0.3) is 0 Å². The number of benzene rings is 1. The van der Waals surface area contributed by atoms with Crippen molar-refractivity contribution in [1.82, 2.24) is 15.0 Å². The first-order chi connectivity index (χ1) is 15.6. The highest BCUT2D eigenvalue weighted by molar-refractivity contribution is 5.87. The number of halogens is 2. The summed E-state index contributed by atoms with van der Waals surface area (Å²) in [4.78, 5) is 15.6. The van der Waals surface area contributed by atoms with E-state index in [2.05, 4.69) is 25.9 Å². The molecule has 1 aromatic carbocycles. The van der Waals surface area contributed by atoms with Gasteiger partial charge in [-0.25, -0.2) is 13.8 Å². The molecule has 1 aliphatic rings. The SMILES string of the molecule is Cc1c(-c2ccccn2)nc2cc(F)cc(F)c2c1Cc1cncc(N2CCOCC2)c1. The standard InChI is InChI=1S/C25H22F2N4O/c1-16-20(11-17-10-19(15-28-14-17)31-6-8-32-9-7-31)24-21(27)12-18(26)13-23(24)30-25(16)22-4-2-3-5-29-22/h2-5,10,12-15H,6-9,11H2,1H3. The summed E-state index contributed by atoms with van der Waals surface area (Å²) in [5.41, 5.74) is 5.10. The zero-order valence-electron chi connectivity index (χ0n) is 17.7. The lowest BCUT2D eigenvalue weighted by Crippen LogP contribution is -2.36. The molecule has 0 atom stereocenters. The van der Waals surface area contributed by atoms with Crippen molar-refractivity contribution >= 4 is 16.6 Å². The van der Waals surface area contributed by atoms with E-state index in [0.717, 1.165) is 41.5 Å². The lowest BCUT2D eigenvalue weighted by Gasteiger charge is -2.28. The van der Waals surface area contributed by atoms with Crippen LogP contribution in [0.1, 0.15) is 16.7 Å². The van der Waals surface area contributed by atoms with Crippen molar-refractivity contribution in [2.75, 3.05) is 31.2 Å². The molecule has 0 unspecified atom stereocenters. The largest absolute Gasteiger partial charge is 0.378 e. The number of hydrogen-bond donors (Lipinski definition) is 0. The van der Waals surface area contributed by atoms with Crippen LogP contribution < -0.4 is 4.90 Å². The lowest BCUT2D eigenvalue weighted by molar-refractivity contribution is 0.122. The summed E-state index contributed by atoms with van der Waals surface area (Å²) >= 11 is 0. The number of pyridine rings is 3. The van der Waals surface area contributed by atoms with Crippen molar-refractivity contribution in [2.24, 2.45) is 0 Å². The van der Waals surface area contributed by atoms with Crippen LogP contribution in [0, 0.1) is 18.6 Å². The normalized spacial score (nSPS) is 14.2. The van der Waals surface area contributed by atoms with Gasteiger partial charge in [0.2, 0.25) is 0 Å². The Kier molecular flexibility index (Phi) is 5.49. The summed E-state index contributed by atoms with van der Waals surface area (Å²) in [7, 11) is 0. The van der Waals surface area contributed by atoms with Gasteiger partial charge in [0, 0.05) is 49.4 Å². The maximum absolute atomic E-state index is 15.0. The second kappa shape index (κ2) is 8.59. The highest BCUT2D eigenvalue weighted by atomic mass is 19.1. The first-order valence-electron chi connectivity index (χ1n) is 10.6. The van der Waals surface area contributed by atoms with E-state index in [1.807, 2.05) is 31.3 Å². The molecule has 3 aromatic heterocycles. The molecule has 0 spiro atoms. The van der Waals surface area contributed by atoms with Gasteiger partial charge in [0.1, 0.15) is 11.6 Å². The highest BCUT2D eigenvalue weighted by Crippen LogP contribution is 2.33. The smallest absolute Gasteiger partial charge is 0.135 e. The fourth-order valence-electron chi connectivity index (χ4n) is 4.22. The summed E-state index contributed by atoms with van der Waals surface area (Å²) in [5.74, 6) is -1.27. The van der Waals surface area contributed by atoms with E-state index in [4.69, 9.17) is 4.74 Å². The summed E-state index contributed by atoms with van der Waals surface area (Å²) in [6, 6.07) is 9.80.